The lowest BCUT2D eigenvalue weighted by molar-refractivity contribution is 0.0694. The van der Waals surface area contributed by atoms with E-state index >= 15 is 0 Å². The minimum Gasteiger partial charge on any atom is -0.377 e. The first-order valence-electron chi connectivity index (χ1n) is 5.42. The molecule has 1 aromatic rings. The quantitative estimate of drug-likeness (QED) is 0.907. The number of hydrogen-bond acceptors (Lipinski definition) is 2. The molecule has 2 nitrogen and oxygen atoms in total. The summed E-state index contributed by atoms with van der Waals surface area (Å²) in [5.41, 5.74) is 1.32. The average Bonchev–Trinajstić information content (AvgIpc) is 2.74. The SMILES string of the molecule is Brc1ccccc1CCOC1CCNC1. The minimum atomic E-state index is 0.424. The molecule has 1 aliphatic heterocycles. The number of benzene rings is 1. The van der Waals surface area contributed by atoms with Crippen LogP contribution in [0.3, 0.4) is 0 Å². The zero-order valence-electron chi connectivity index (χ0n) is 8.71. The summed E-state index contributed by atoms with van der Waals surface area (Å²) in [5.74, 6) is 0. The second kappa shape index (κ2) is 5.64. The van der Waals surface area contributed by atoms with E-state index in [4.69, 9.17) is 4.74 Å². The largest absolute Gasteiger partial charge is 0.377 e. The third-order valence-electron chi connectivity index (χ3n) is 2.70. The summed E-state index contributed by atoms with van der Waals surface area (Å²) in [6, 6.07) is 8.32. The van der Waals surface area contributed by atoms with E-state index in [0.717, 1.165) is 32.5 Å². The van der Waals surface area contributed by atoms with E-state index in [2.05, 4.69) is 39.4 Å². The molecule has 1 unspecified atom stereocenters. The first kappa shape index (κ1) is 11.1. The van der Waals surface area contributed by atoms with Gasteiger partial charge in [0.2, 0.25) is 0 Å². The summed E-state index contributed by atoms with van der Waals surface area (Å²) >= 11 is 3.54. The van der Waals surface area contributed by atoms with E-state index in [-0.39, 0.29) is 0 Å². The summed E-state index contributed by atoms with van der Waals surface area (Å²) in [6.07, 6.45) is 2.56. The van der Waals surface area contributed by atoms with Crippen LogP contribution in [0, 0.1) is 0 Å². The molecule has 1 N–H and O–H groups in total. The van der Waals surface area contributed by atoms with Gasteiger partial charge in [0.05, 0.1) is 12.7 Å². The van der Waals surface area contributed by atoms with Crippen molar-refractivity contribution in [3.8, 4) is 0 Å². The Morgan fingerprint density at radius 2 is 2.27 bits per heavy atom. The van der Waals surface area contributed by atoms with Gasteiger partial charge in [0, 0.05) is 11.0 Å². The number of nitrogens with one attached hydrogen (secondary N) is 1. The normalized spacial score (nSPS) is 20.7. The second-order valence-electron chi connectivity index (χ2n) is 3.83. The van der Waals surface area contributed by atoms with Gasteiger partial charge in [-0.1, -0.05) is 34.1 Å². The van der Waals surface area contributed by atoms with E-state index in [1.54, 1.807) is 0 Å². The van der Waals surface area contributed by atoms with Gasteiger partial charge in [0.15, 0.2) is 0 Å². The molecule has 2 rings (SSSR count). The molecular formula is C12H16BrNO. The monoisotopic (exact) mass is 269 g/mol. The molecule has 1 atom stereocenters. The Hall–Kier alpha value is -0.380. The van der Waals surface area contributed by atoms with Gasteiger partial charge in [-0.3, -0.25) is 0 Å². The Morgan fingerprint density at radius 3 is 3.00 bits per heavy atom. The van der Waals surface area contributed by atoms with Crippen LogP contribution in [0.5, 0.6) is 0 Å². The van der Waals surface area contributed by atoms with Crippen LogP contribution in [-0.4, -0.2) is 25.8 Å². The topological polar surface area (TPSA) is 21.3 Å². The van der Waals surface area contributed by atoms with Gasteiger partial charge in [0.25, 0.3) is 0 Å². The highest BCUT2D eigenvalue weighted by atomic mass is 79.9. The van der Waals surface area contributed by atoms with Gasteiger partial charge in [0.1, 0.15) is 0 Å². The van der Waals surface area contributed by atoms with Gasteiger partial charge in [-0.2, -0.15) is 0 Å². The lowest BCUT2D eigenvalue weighted by atomic mass is 10.2. The molecule has 0 radical (unpaired) electrons. The third-order valence-corrected chi connectivity index (χ3v) is 3.47. The summed E-state index contributed by atoms with van der Waals surface area (Å²) < 4.78 is 6.96. The average molecular weight is 270 g/mol. The van der Waals surface area contributed by atoms with Crippen LogP contribution in [0.25, 0.3) is 0 Å². The second-order valence-corrected chi connectivity index (χ2v) is 4.68. The molecule has 0 aliphatic carbocycles. The fourth-order valence-electron chi connectivity index (χ4n) is 1.81. The highest BCUT2D eigenvalue weighted by molar-refractivity contribution is 9.10. The number of rotatable bonds is 4. The Morgan fingerprint density at radius 1 is 1.40 bits per heavy atom. The van der Waals surface area contributed by atoms with Crippen molar-refractivity contribution in [1.82, 2.24) is 5.32 Å². The molecule has 1 aliphatic rings. The highest BCUT2D eigenvalue weighted by Gasteiger charge is 2.14. The van der Waals surface area contributed by atoms with Crippen LogP contribution < -0.4 is 5.32 Å². The number of halogens is 1. The van der Waals surface area contributed by atoms with E-state index in [1.165, 1.54) is 10.0 Å². The lowest BCUT2D eigenvalue weighted by Crippen LogP contribution is -2.18. The molecular weight excluding hydrogens is 254 g/mol. The minimum absolute atomic E-state index is 0.424. The molecule has 0 amide bonds. The first-order valence-corrected chi connectivity index (χ1v) is 6.21. The van der Waals surface area contributed by atoms with Crippen molar-refractivity contribution >= 4 is 15.9 Å². The van der Waals surface area contributed by atoms with Crippen molar-refractivity contribution in [3.05, 3.63) is 34.3 Å². The van der Waals surface area contributed by atoms with Crippen LogP contribution in [0.1, 0.15) is 12.0 Å². The van der Waals surface area contributed by atoms with Crippen LogP contribution in [0.2, 0.25) is 0 Å². The number of ether oxygens (including phenoxy) is 1. The van der Waals surface area contributed by atoms with E-state index in [9.17, 15) is 0 Å². The molecule has 0 aromatic heterocycles. The summed E-state index contributed by atoms with van der Waals surface area (Å²) in [7, 11) is 0. The van der Waals surface area contributed by atoms with Crippen LogP contribution in [-0.2, 0) is 11.2 Å². The van der Waals surface area contributed by atoms with Crippen molar-refractivity contribution in [2.45, 2.75) is 18.9 Å². The third kappa shape index (κ3) is 3.30. The fourth-order valence-corrected chi connectivity index (χ4v) is 2.29. The molecule has 0 bridgehead atoms. The molecule has 3 heteroatoms. The molecule has 1 heterocycles. The smallest absolute Gasteiger partial charge is 0.0711 e. The summed E-state index contributed by atoms with van der Waals surface area (Å²) in [6.45, 7) is 2.92. The Kier molecular flexibility index (Phi) is 4.18. The Balaban J connectivity index is 1.75. The molecule has 82 valence electrons. The predicted molar refractivity (Wildman–Crippen MR) is 65.1 cm³/mol. The Labute approximate surface area is 99.1 Å². The maximum atomic E-state index is 5.78. The molecule has 15 heavy (non-hydrogen) atoms. The van der Waals surface area contributed by atoms with Crippen LogP contribution in [0.15, 0.2) is 28.7 Å². The van der Waals surface area contributed by atoms with Crippen molar-refractivity contribution in [1.29, 1.82) is 0 Å². The summed E-state index contributed by atoms with van der Waals surface area (Å²) in [5, 5.41) is 3.30. The summed E-state index contributed by atoms with van der Waals surface area (Å²) in [4.78, 5) is 0. The zero-order valence-corrected chi connectivity index (χ0v) is 10.3. The van der Waals surface area contributed by atoms with Crippen molar-refractivity contribution < 1.29 is 4.74 Å². The molecule has 0 saturated carbocycles. The lowest BCUT2D eigenvalue weighted by Gasteiger charge is -2.10. The van der Waals surface area contributed by atoms with E-state index < -0.39 is 0 Å². The highest BCUT2D eigenvalue weighted by Crippen LogP contribution is 2.16. The van der Waals surface area contributed by atoms with Crippen molar-refractivity contribution in [2.24, 2.45) is 0 Å². The van der Waals surface area contributed by atoms with E-state index in [0.29, 0.717) is 6.10 Å². The van der Waals surface area contributed by atoms with Gasteiger partial charge in [-0.15, -0.1) is 0 Å². The number of hydrogen-bond donors (Lipinski definition) is 1. The van der Waals surface area contributed by atoms with E-state index in [1.807, 2.05) is 6.07 Å². The maximum Gasteiger partial charge on any atom is 0.0711 e. The Bertz CT molecular complexity index is 310. The maximum absolute atomic E-state index is 5.78. The van der Waals surface area contributed by atoms with Crippen molar-refractivity contribution in [2.75, 3.05) is 19.7 Å². The van der Waals surface area contributed by atoms with Crippen LogP contribution >= 0.6 is 15.9 Å². The predicted octanol–water partition coefficient (Wildman–Crippen LogP) is 2.37. The van der Waals surface area contributed by atoms with Crippen LogP contribution in [0.4, 0.5) is 0 Å². The molecule has 1 fully saturated rings. The van der Waals surface area contributed by atoms with Gasteiger partial charge in [-0.25, -0.2) is 0 Å². The zero-order chi connectivity index (χ0) is 10.5. The van der Waals surface area contributed by atoms with Gasteiger partial charge >= 0.3 is 0 Å². The molecule has 1 saturated heterocycles. The van der Waals surface area contributed by atoms with Crippen molar-refractivity contribution in [3.63, 3.8) is 0 Å². The van der Waals surface area contributed by atoms with Gasteiger partial charge < -0.3 is 10.1 Å². The fraction of sp³-hybridized carbons (Fsp3) is 0.500. The van der Waals surface area contributed by atoms with Gasteiger partial charge in [-0.05, 0) is 31.0 Å². The molecule has 0 spiro atoms. The first-order chi connectivity index (χ1) is 7.36. The standard InChI is InChI=1S/C12H16BrNO/c13-12-4-2-1-3-10(12)6-8-15-11-5-7-14-9-11/h1-4,11,14H,5-9H2. The molecule has 1 aromatic carbocycles.